The molecular weight excluding hydrogens is 731 g/mol. The highest BCUT2D eigenvalue weighted by molar-refractivity contribution is 8.00. The van der Waals surface area contributed by atoms with Crippen molar-refractivity contribution in [3.8, 4) is 11.1 Å². The second kappa shape index (κ2) is 20.2. The van der Waals surface area contributed by atoms with E-state index in [1.54, 1.807) is 37.9 Å². The number of halogens is 2. The van der Waals surface area contributed by atoms with Crippen molar-refractivity contribution in [2.45, 2.75) is 85.6 Å². The highest BCUT2D eigenvalue weighted by Crippen LogP contribution is 2.41. The molecule has 0 aliphatic heterocycles. The molecule has 0 fully saturated rings. The van der Waals surface area contributed by atoms with E-state index >= 15 is 4.39 Å². The molecule has 3 aromatic rings. The van der Waals surface area contributed by atoms with E-state index in [0.29, 0.717) is 24.2 Å². The van der Waals surface area contributed by atoms with Gasteiger partial charge in [0, 0.05) is 55.3 Å². The number of hydrogen-bond donors (Lipinski definition) is 5. The predicted molar refractivity (Wildman–Crippen MR) is 210 cm³/mol. The van der Waals surface area contributed by atoms with E-state index in [0.717, 1.165) is 35.5 Å². The maximum atomic E-state index is 15.2. The standard InChI is InChI=1S/C40H54F2N6O6S/c1-24(2)35(43)38(52)45-25(3)37(51)44-16-11-17-48(34(50)23-55-22-32(39(53)54)46-26(4)49)36(40(5,6)7)33-18-28(30-19-29(41)14-15-31(30)42)21-47(33)20-27-12-9-8-10-13-27/h8-10,12-15,18-19,21,24-25,32,35-36H,11,16-17,20,22-23,43H2,1-7H3,(H,44,51)(H,45,52)(H,46,49)(H,53,54)/t25-,32-,35-,36-/m0/s1. The van der Waals surface area contributed by atoms with Gasteiger partial charge in [-0.05, 0) is 54.5 Å². The third-order valence-electron chi connectivity index (χ3n) is 8.93. The van der Waals surface area contributed by atoms with Crippen LogP contribution in [0.3, 0.4) is 0 Å². The molecule has 0 bridgehead atoms. The Hall–Kier alpha value is -4.76. The lowest BCUT2D eigenvalue weighted by Gasteiger charge is -2.41. The van der Waals surface area contributed by atoms with Gasteiger partial charge in [-0.15, -0.1) is 11.8 Å². The van der Waals surface area contributed by atoms with Gasteiger partial charge in [0.1, 0.15) is 23.7 Å². The van der Waals surface area contributed by atoms with Crippen molar-refractivity contribution in [3.05, 3.63) is 83.7 Å². The van der Waals surface area contributed by atoms with Gasteiger partial charge < -0.3 is 36.3 Å². The average Bonchev–Trinajstić information content (AvgIpc) is 3.51. The summed E-state index contributed by atoms with van der Waals surface area (Å²) in [6.45, 7) is 12.9. The van der Waals surface area contributed by atoms with Crippen molar-refractivity contribution >= 4 is 41.4 Å². The zero-order valence-electron chi connectivity index (χ0n) is 32.5. The van der Waals surface area contributed by atoms with E-state index in [1.165, 1.54) is 6.92 Å². The first kappa shape index (κ1) is 44.6. The largest absolute Gasteiger partial charge is 0.480 e. The number of rotatable bonds is 19. The number of carboxylic acids is 1. The van der Waals surface area contributed by atoms with Gasteiger partial charge in [-0.1, -0.05) is 65.0 Å². The van der Waals surface area contributed by atoms with Gasteiger partial charge >= 0.3 is 5.97 Å². The molecule has 1 heterocycles. The Morgan fingerprint density at radius 1 is 0.964 bits per heavy atom. The maximum absolute atomic E-state index is 15.2. The molecule has 12 nitrogen and oxygen atoms in total. The number of carboxylic acid groups (broad SMARTS) is 1. The van der Waals surface area contributed by atoms with Crippen LogP contribution in [-0.4, -0.2) is 86.9 Å². The van der Waals surface area contributed by atoms with Crippen LogP contribution in [0.25, 0.3) is 11.1 Å². The third kappa shape index (κ3) is 13.2. The Bertz CT molecular complexity index is 1800. The van der Waals surface area contributed by atoms with E-state index in [2.05, 4.69) is 16.0 Å². The van der Waals surface area contributed by atoms with Gasteiger partial charge in [0.05, 0.1) is 17.8 Å². The number of benzene rings is 2. The fourth-order valence-electron chi connectivity index (χ4n) is 6.07. The molecule has 0 saturated carbocycles. The number of thioether (sulfide) groups is 1. The first-order valence-electron chi connectivity index (χ1n) is 18.2. The molecule has 1 aromatic heterocycles. The van der Waals surface area contributed by atoms with Crippen LogP contribution < -0.4 is 21.7 Å². The van der Waals surface area contributed by atoms with Crippen molar-refractivity contribution in [2.75, 3.05) is 24.6 Å². The Balaban J connectivity index is 2.00. The van der Waals surface area contributed by atoms with Crippen LogP contribution >= 0.6 is 11.8 Å². The summed E-state index contributed by atoms with van der Waals surface area (Å²) in [6.07, 6.45) is 2.04. The average molecular weight is 785 g/mol. The van der Waals surface area contributed by atoms with Gasteiger partial charge in [0.15, 0.2) is 0 Å². The number of nitrogens with two attached hydrogens (primary N) is 1. The summed E-state index contributed by atoms with van der Waals surface area (Å²) in [5.41, 5.74) is 7.35. The molecular formula is C40H54F2N6O6S. The molecule has 0 unspecified atom stereocenters. The van der Waals surface area contributed by atoms with Gasteiger partial charge in [0.2, 0.25) is 23.6 Å². The molecule has 6 N–H and O–H groups in total. The lowest BCUT2D eigenvalue weighted by Crippen LogP contribution is -2.52. The van der Waals surface area contributed by atoms with Crippen molar-refractivity contribution in [2.24, 2.45) is 17.1 Å². The van der Waals surface area contributed by atoms with E-state index < -0.39 is 64.9 Å². The normalized spacial score (nSPS) is 13.7. The number of aromatic nitrogens is 1. The summed E-state index contributed by atoms with van der Waals surface area (Å²) in [4.78, 5) is 64.7. The predicted octanol–water partition coefficient (Wildman–Crippen LogP) is 4.71. The molecule has 15 heteroatoms. The van der Waals surface area contributed by atoms with Crippen molar-refractivity contribution in [3.63, 3.8) is 0 Å². The number of aliphatic carboxylic acids is 1. The second-order valence-corrected chi connectivity index (χ2v) is 16.0. The van der Waals surface area contributed by atoms with Gasteiger partial charge in [-0.2, -0.15) is 0 Å². The van der Waals surface area contributed by atoms with Crippen molar-refractivity contribution < 1.29 is 37.9 Å². The molecule has 4 atom stereocenters. The maximum Gasteiger partial charge on any atom is 0.327 e. The van der Waals surface area contributed by atoms with E-state index in [-0.39, 0.29) is 42.0 Å². The molecule has 0 spiro atoms. The van der Waals surface area contributed by atoms with Gasteiger partial charge in [-0.3, -0.25) is 19.2 Å². The minimum Gasteiger partial charge on any atom is -0.480 e. The molecule has 4 amide bonds. The van der Waals surface area contributed by atoms with Crippen LogP contribution in [0.15, 0.2) is 60.8 Å². The molecule has 300 valence electrons. The van der Waals surface area contributed by atoms with Gasteiger partial charge in [-0.25, -0.2) is 13.6 Å². The first-order valence-corrected chi connectivity index (χ1v) is 19.4. The number of nitrogens with zero attached hydrogens (tertiary/aromatic N) is 2. The van der Waals surface area contributed by atoms with Crippen LogP contribution in [-0.2, 0) is 30.5 Å². The van der Waals surface area contributed by atoms with E-state index in [4.69, 9.17) is 5.73 Å². The fraction of sp³-hybridized carbons (Fsp3) is 0.475. The molecule has 3 rings (SSSR count). The van der Waals surface area contributed by atoms with Crippen LogP contribution in [0.5, 0.6) is 0 Å². The molecule has 2 aromatic carbocycles. The van der Waals surface area contributed by atoms with Crippen LogP contribution in [0.1, 0.15) is 72.2 Å². The Labute approximate surface area is 326 Å². The first-order chi connectivity index (χ1) is 25.8. The lowest BCUT2D eigenvalue weighted by atomic mass is 9.83. The summed E-state index contributed by atoms with van der Waals surface area (Å²) in [6, 6.07) is 11.1. The second-order valence-electron chi connectivity index (χ2n) is 15.0. The van der Waals surface area contributed by atoms with Crippen molar-refractivity contribution in [1.82, 2.24) is 25.4 Å². The number of hydrogen-bond acceptors (Lipinski definition) is 7. The Morgan fingerprint density at radius 2 is 1.64 bits per heavy atom. The monoisotopic (exact) mass is 784 g/mol. The van der Waals surface area contributed by atoms with E-state index in [9.17, 15) is 33.5 Å². The number of nitrogens with one attached hydrogen (secondary N) is 3. The van der Waals surface area contributed by atoms with Crippen LogP contribution in [0.2, 0.25) is 0 Å². The molecule has 0 saturated heterocycles. The molecule has 0 aliphatic carbocycles. The minimum absolute atomic E-state index is 0.0603. The van der Waals surface area contributed by atoms with Crippen LogP contribution in [0, 0.1) is 23.0 Å². The minimum atomic E-state index is -1.23. The topological polar surface area (TPSA) is 176 Å². The summed E-state index contributed by atoms with van der Waals surface area (Å²) in [5.74, 6) is -4.49. The zero-order chi connectivity index (χ0) is 41.0. The SMILES string of the molecule is CC(=O)N[C@@H](CSCC(=O)N(CCCNC(=O)[C@H](C)NC(=O)[C@@H](N)C(C)C)[C@@H](c1cc(-c2cc(F)ccc2F)cn1Cc1ccccc1)C(C)(C)C)C(=O)O. The summed E-state index contributed by atoms with van der Waals surface area (Å²) < 4.78 is 31.5. The third-order valence-corrected chi connectivity index (χ3v) is 9.95. The molecule has 55 heavy (non-hydrogen) atoms. The fourth-order valence-corrected chi connectivity index (χ4v) is 6.99. The number of amides is 4. The van der Waals surface area contributed by atoms with Gasteiger partial charge in [0.25, 0.3) is 0 Å². The van der Waals surface area contributed by atoms with Crippen LogP contribution in [0.4, 0.5) is 8.78 Å². The quantitative estimate of drug-likeness (QED) is 0.109. The zero-order valence-corrected chi connectivity index (χ0v) is 33.3. The molecule has 0 aliphatic rings. The summed E-state index contributed by atoms with van der Waals surface area (Å²) in [7, 11) is 0. The highest BCUT2D eigenvalue weighted by atomic mass is 32.2. The lowest BCUT2D eigenvalue weighted by molar-refractivity contribution is -0.140. The number of carbonyl (C=O) groups is 5. The smallest absolute Gasteiger partial charge is 0.327 e. The highest BCUT2D eigenvalue weighted by Gasteiger charge is 2.37. The Morgan fingerprint density at radius 3 is 2.24 bits per heavy atom. The molecule has 0 radical (unpaired) electrons. The van der Waals surface area contributed by atoms with Crippen molar-refractivity contribution in [1.29, 1.82) is 0 Å². The summed E-state index contributed by atoms with van der Waals surface area (Å²) in [5, 5.41) is 17.4. The Kier molecular flexibility index (Phi) is 16.4. The van der Waals surface area contributed by atoms with E-state index in [1.807, 2.05) is 55.7 Å². The summed E-state index contributed by atoms with van der Waals surface area (Å²) >= 11 is 1.06. The number of carbonyl (C=O) groups excluding carboxylic acids is 4.